The third-order valence-electron chi connectivity index (χ3n) is 4.01. The molecule has 24 heavy (non-hydrogen) atoms. The Balaban J connectivity index is 1.50. The molecule has 1 saturated heterocycles. The normalized spacial score (nSPS) is 17.1. The number of anilines is 2. The molecule has 7 heteroatoms. The molecule has 1 aliphatic heterocycles. The van der Waals surface area contributed by atoms with E-state index in [1.54, 1.807) is 6.20 Å². The van der Waals surface area contributed by atoms with E-state index in [1.165, 1.54) is 0 Å². The minimum absolute atomic E-state index is 0.306. The fourth-order valence-electron chi connectivity index (χ4n) is 2.68. The molecule has 0 radical (unpaired) electrons. The van der Waals surface area contributed by atoms with Crippen LogP contribution in [0, 0.1) is 0 Å². The number of hydrogen-bond acceptors (Lipinski definition) is 6. The van der Waals surface area contributed by atoms with E-state index in [9.17, 15) is 0 Å². The van der Waals surface area contributed by atoms with Crippen LogP contribution in [0.3, 0.4) is 0 Å². The number of benzene rings is 1. The summed E-state index contributed by atoms with van der Waals surface area (Å²) in [4.78, 5) is 8.89. The zero-order valence-corrected chi connectivity index (χ0v) is 13.6. The maximum absolute atomic E-state index is 6.14. The molecule has 2 aromatic heterocycles. The molecule has 1 aromatic carbocycles. The predicted octanol–water partition coefficient (Wildman–Crippen LogP) is 3.61. The summed E-state index contributed by atoms with van der Waals surface area (Å²) < 4.78 is 5.38. The highest BCUT2D eigenvalue weighted by molar-refractivity contribution is 6.33. The van der Waals surface area contributed by atoms with E-state index in [-0.39, 0.29) is 0 Å². The lowest BCUT2D eigenvalue weighted by Gasteiger charge is -2.07. The Kier molecular flexibility index (Phi) is 4.15. The van der Waals surface area contributed by atoms with Crippen LogP contribution in [0.2, 0.25) is 5.02 Å². The van der Waals surface area contributed by atoms with Crippen molar-refractivity contribution < 1.29 is 4.52 Å². The van der Waals surface area contributed by atoms with Gasteiger partial charge in [0.1, 0.15) is 5.82 Å². The van der Waals surface area contributed by atoms with Crippen molar-refractivity contribution in [1.82, 2.24) is 20.4 Å². The van der Waals surface area contributed by atoms with Gasteiger partial charge in [-0.15, -0.1) is 0 Å². The van der Waals surface area contributed by atoms with Gasteiger partial charge in [0.25, 0.3) is 0 Å². The lowest BCUT2D eigenvalue weighted by Crippen LogP contribution is -2.08. The van der Waals surface area contributed by atoms with E-state index in [0.29, 0.717) is 28.5 Å². The zero-order chi connectivity index (χ0) is 16.4. The van der Waals surface area contributed by atoms with Gasteiger partial charge in [0.2, 0.25) is 11.7 Å². The van der Waals surface area contributed by atoms with Gasteiger partial charge in [0, 0.05) is 18.3 Å². The van der Waals surface area contributed by atoms with Crippen LogP contribution in [0.25, 0.3) is 11.4 Å². The molecule has 3 aromatic rings. The number of rotatable bonds is 4. The van der Waals surface area contributed by atoms with Crippen molar-refractivity contribution in [3.8, 4) is 11.4 Å². The van der Waals surface area contributed by atoms with Crippen molar-refractivity contribution in [2.24, 2.45) is 0 Å². The van der Waals surface area contributed by atoms with Crippen molar-refractivity contribution >= 4 is 23.1 Å². The first-order valence-electron chi connectivity index (χ1n) is 7.82. The highest BCUT2D eigenvalue weighted by Gasteiger charge is 2.23. The quantitative estimate of drug-likeness (QED) is 0.755. The smallest absolute Gasteiger partial charge is 0.231 e. The number of halogens is 1. The fourth-order valence-corrected chi connectivity index (χ4v) is 2.87. The Morgan fingerprint density at radius 2 is 2.12 bits per heavy atom. The number of pyridine rings is 1. The lowest BCUT2D eigenvalue weighted by atomic mass is 10.1. The average Bonchev–Trinajstić information content (AvgIpc) is 3.29. The molecule has 0 saturated carbocycles. The van der Waals surface area contributed by atoms with E-state index < -0.39 is 0 Å². The molecule has 122 valence electrons. The first-order chi connectivity index (χ1) is 11.8. The SMILES string of the molecule is Clc1ccccc1Nc1ccc(-c2noc([C@@H]3CCNC3)n2)cn1. The molecule has 1 aliphatic rings. The highest BCUT2D eigenvalue weighted by Crippen LogP contribution is 2.26. The van der Waals surface area contributed by atoms with E-state index in [1.807, 2.05) is 36.4 Å². The summed E-state index contributed by atoms with van der Waals surface area (Å²) in [5.74, 6) is 2.26. The molecule has 1 fully saturated rings. The third-order valence-corrected chi connectivity index (χ3v) is 4.34. The number of aromatic nitrogens is 3. The summed E-state index contributed by atoms with van der Waals surface area (Å²) in [6, 6.07) is 11.3. The molecule has 2 N–H and O–H groups in total. The van der Waals surface area contributed by atoms with Gasteiger partial charge in [-0.05, 0) is 37.2 Å². The van der Waals surface area contributed by atoms with E-state index in [0.717, 1.165) is 30.8 Å². The molecule has 0 bridgehead atoms. The van der Waals surface area contributed by atoms with E-state index in [4.69, 9.17) is 16.1 Å². The molecular weight excluding hydrogens is 326 g/mol. The molecule has 0 unspecified atom stereocenters. The molecule has 4 rings (SSSR count). The van der Waals surface area contributed by atoms with Crippen LogP contribution < -0.4 is 10.6 Å². The second-order valence-electron chi connectivity index (χ2n) is 5.68. The summed E-state index contributed by atoms with van der Waals surface area (Å²) in [7, 11) is 0. The van der Waals surface area contributed by atoms with Crippen molar-refractivity contribution in [3.05, 3.63) is 53.5 Å². The van der Waals surface area contributed by atoms with Crippen LogP contribution in [0.1, 0.15) is 18.2 Å². The van der Waals surface area contributed by atoms with Crippen molar-refractivity contribution in [2.45, 2.75) is 12.3 Å². The van der Waals surface area contributed by atoms with Crippen LogP contribution >= 0.6 is 11.6 Å². The summed E-state index contributed by atoms with van der Waals surface area (Å²) in [6.07, 6.45) is 2.75. The summed E-state index contributed by atoms with van der Waals surface area (Å²) >= 11 is 6.14. The number of hydrogen-bond donors (Lipinski definition) is 2. The van der Waals surface area contributed by atoms with Gasteiger partial charge in [-0.3, -0.25) is 0 Å². The molecule has 0 aliphatic carbocycles. The summed E-state index contributed by atoms with van der Waals surface area (Å²) in [5.41, 5.74) is 1.63. The Bertz CT molecular complexity index is 827. The molecular formula is C17H16ClN5O. The topological polar surface area (TPSA) is 75.9 Å². The van der Waals surface area contributed by atoms with Crippen LogP contribution in [-0.2, 0) is 0 Å². The van der Waals surface area contributed by atoms with Gasteiger partial charge in [0.05, 0.1) is 16.6 Å². The summed E-state index contributed by atoms with van der Waals surface area (Å²) in [5, 5.41) is 11.2. The predicted molar refractivity (Wildman–Crippen MR) is 92.5 cm³/mol. The monoisotopic (exact) mass is 341 g/mol. The number of nitrogens with zero attached hydrogens (tertiary/aromatic N) is 3. The van der Waals surface area contributed by atoms with Crippen LogP contribution in [0.5, 0.6) is 0 Å². The highest BCUT2D eigenvalue weighted by atomic mass is 35.5. The molecule has 0 amide bonds. The standard InChI is InChI=1S/C17H16ClN5O/c18-13-3-1-2-4-14(13)21-15-6-5-11(10-20-15)16-22-17(24-23-16)12-7-8-19-9-12/h1-6,10,12,19H,7-9H2,(H,20,21)/t12-/m1/s1. The van der Waals surface area contributed by atoms with Gasteiger partial charge in [-0.25, -0.2) is 4.98 Å². The Labute approximate surface area is 144 Å². The molecule has 6 nitrogen and oxygen atoms in total. The first kappa shape index (κ1) is 15.1. The Morgan fingerprint density at radius 1 is 1.21 bits per heavy atom. The van der Waals surface area contributed by atoms with Gasteiger partial charge < -0.3 is 15.2 Å². The maximum Gasteiger partial charge on any atom is 0.231 e. The van der Waals surface area contributed by atoms with Crippen molar-refractivity contribution in [2.75, 3.05) is 18.4 Å². The Hall–Kier alpha value is -2.44. The second kappa shape index (κ2) is 6.59. The fraction of sp³-hybridized carbons (Fsp3) is 0.235. The minimum Gasteiger partial charge on any atom is -0.339 e. The van der Waals surface area contributed by atoms with Gasteiger partial charge in [0.15, 0.2) is 0 Å². The van der Waals surface area contributed by atoms with Crippen LogP contribution in [-0.4, -0.2) is 28.2 Å². The number of nitrogens with one attached hydrogen (secondary N) is 2. The van der Waals surface area contributed by atoms with Crippen LogP contribution in [0.15, 0.2) is 47.1 Å². The second-order valence-corrected chi connectivity index (χ2v) is 6.09. The third kappa shape index (κ3) is 3.11. The van der Waals surface area contributed by atoms with Gasteiger partial charge >= 0.3 is 0 Å². The Morgan fingerprint density at radius 3 is 2.88 bits per heavy atom. The summed E-state index contributed by atoms with van der Waals surface area (Å²) in [6.45, 7) is 1.88. The van der Waals surface area contributed by atoms with Gasteiger partial charge in [-0.1, -0.05) is 28.9 Å². The molecule has 1 atom stereocenters. The maximum atomic E-state index is 6.14. The number of para-hydroxylation sites is 1. The average molecular weight is 342 g/mol. The van der Waals surface area contributed by atoms with Gasteiger partial charge in [-0.2, -0.15) is 4.98 Å². The largest absolute Gasteiger partial charge is 0.339 e. The lowest BCUT2D eigenvalue weighted by molar-refractivity contribution is 0.359. The van der Waals surface area contributed by atoms with E-state index >= 15 is 0 Å². The van der Waals surface area contributed by atoms with Crippen LogP contribution in [0.4, 0.5) is 11.5 Å². The van der Waals surface area contributed by atoms with Crippen molar-refractivity contribution in [1.29, 1.82) is 0 Å². The minimum atomic E-state index is 0.306. The molecule has 0 spiro atoms. The zero-order valence-electron chi connectivity index (χ0n) is 12.9. The first-order valence-corrected chi connectivity index (χ1v) is 8.20. The van der Waals surface area contributed by atoms with Crippen molar-refractivity contribution in [3.63, 3.8) is 0 Å². The van der Waals surface area contributed by atoms with E-state index in [2.05, 4.69) is 25.8 Å². The molecule has 3 heterocycles.